The molecule has 21 heavy (non-hydrogen) atoms. The summed E-state index contributed by atoms with van der Waals surface area (Å²) >= 11 is 0. The number of rotatable bonds is 7. The predicted molar refractivity (Wildman–Crippen MR) is 74.4 cm³/mol. The Morgan fingerprint density at radius 1 is 1.10 bits per heavy atom. The molecule has 0 aliphatic rings. The van der Waals surface area contributed by atoms with Crippen molar-refractivity contribution in [2.24, 2.45) is 0 Å². The average Bonchev–Trinajstić information content (AvgIpc) is 2.37. The van der Waals surface area contributed by atoms with Crippen molar-refractivity contribution >= 4 is 10.0 Å². The van der Waals surface area contributed by atoms with Crippen molar-refractivity contribution in [2.75, 3.05) is 13.1 Å². The zero-order valence-corrected chi connectivity index (χ0v) is 12.7. The molecule has 0 heterocycles. The Morgan fingerprint density at radius 2 is 1.67 bits per heavy atom. The van der Waals surface area contributed by atoms with Gasteiger partial charge in [-0.2, -0.15) is 13.2 Å². The lowest BCUT2D eigenvalue weighted by Gasteiger charge is -2.10. The Kier molecular flexibility index (Phi) is 6.18. The molecule has 0 spiro atoms. The molecule has 0 aliphatic heterocycles. The fourth-order valence-electron chi connectivity index (χ4n) is 1.59. The number of hydrogen-bond donors (Lipinski definition) is 2. The highest BCUT2D eigenvalue weighted by Gasteiger charge is 2.30. The number of nitrogens with one attached hydrogen (secondary N) is 2. The maximum atomic E-state index is 12.4. The molecule has 0 radical (unpaired) electrons. The van der Waals surface area contributed by atoms with E-state index >= 15 is 0 Å². The van der Waals surface area contributed by atoms with Crippen molar-refractivity contribution < 1.29 is 21.6 Å². The lowest BCUT2D eigenvalue weighted by atomic mass is 10.2. The van der Waals surface area contributed by atoms with Gasteiger partial charge < -0.3 is 5.32 Å². The van der Waals surface area contributed by atoms with Crippen LogP contribution in [0.5, 0.6) is 0 Å². The molecule has 0 aromatic heterocycles. The number of sulfonamides is 1. The van der Waals surface area contributed by atoms with Crippen LogP contribution in [0.2, 0.25) is 0 Å². The van der Waals surface area contributed by atoms with Gasteiger partial charge in [-0.25, -0.2) is 13.1 Å². The van der Waals surface area contributed by atoms with E-state index in [1.807, 2.05) is 13.8 Å². The first-order valence-electron chi connectivity index (χ1n) is 6.53. The Morgan fingerprint density at radius 3 is 2.14 bits per heavy atom. The molecule has 0 bridgehead atoms. The zero-order valence-electron chi connectivity index (χ0n) is 11.9. The standard InChI is InChI=1S/C13H19F3N2O2S/c1-10(2)17-8-3-9-18-21(19,20)12-6-4-11(5-7-12)13(14,15)16/h4-7,10,17-18H,3,8-9H2,1-2H3. The zero-order chi connectivity index (χ0) is 16.1. The van der Waals surface area contributed by atoms with Crippen LogP contribution in [0.4, 0.5) is 13.2 Å². The molecule has 0 fully saturated rings. The van der Waals surface area contributed by atoms with Gasteiger partial charge in [-0.3, -0.25) is 0 Å². The highest BCUT2D eigenvalue weighted by atomic mass is 32.2. The average molecular weight is 324 g/mol. The normalized spacial score (nSPS) is 12.9. The number of hydrogen-bond acceptors (Lipinski definition) is 3. The van der Waals surface area contributed by atoms with E-state index in [1.54, 1.807) is 0 Å². The molecule has 8 heteroatoms. The highest BCUT2D eigenvalue weighted by Crippen LogP contribution is 2.29. The van der Waals surface area contributed by atoms with Gasteiger partial charge in [0.1, 0.15) is 0 Å². The van der Waals surface area contributed by atoms with Crippen molar-refractivity contribution in [3.63, 3.8) is 0 Å². The Labute approximate surface area is 122 Å². The smallest absolute Gasteiger partial charge is 0.314 e. The van der Waals surface area contributed by atoms with Crippen molar-refractivity contribution in [3.8, 4) is 0 Å². The van der Waals surface area contributed by atoms with Crippen LogP contribution in [0, 0.1) is 0 Å². The third-order valence-electron chi connectivity index (χ3n) is 2.69. The van der Waals surface area contributed by atoms with Gasteiger partial charge in [0.05, 0.1) is 10.5 Å². The van der Waals surface area contributed by atoms with Crippen LogP contribution in [0.15, 0.2) is 29.2 Å². The predicted octanol–water partition coefficient (Wildman–Crippen LogP) is 2.37. The molecule has 4 nitrogen and oxygen atoms in total. The molecule has 0 saturated carbocycles. The van der Waals surface area contributed by atoms with E-state index in [1.165, 1.54) is 0 Å². The van der Waals surface area contributed by atoms with Gasteiger partial charge in [0, 0.05) is 12.6 Å². The molecule has 0 atom stereocenters. The summed E-state index contributed by atoms with van der Waals surface area (Å²) < 4.78 is 63.3. The third-order valence-corrected chi connectivity index (χ3v) is 4.17. The SMILES string of the molecule is CC(C)NCCCNS(=O)(=O)c1ccc(C(F)(F)F)cc1. The summed E-state index contributed by atoms with van der Waals surface area (Å²) in [5, 5.41) is 3.14. The lowest BCUT2D eigenvalue weighted by molar-refractivity contribution is -0.137. The van der Waals surface area contributed by atoms with Crippen LogP contribution in [-0.2, 0) is 16.2 Å². The molecule has 0 saturated heterocycles. The summed E-state index contributed by atoms with van der Waals surface area (Å²) in [6.07, 6.45) is -3.88. The summed E-state index contributed by atoms with van der Waals surface area (Å²) in [4.78, 5) is -0.174. The summed E-state index contributed by atoms with van der Waals surface area (Å²) in [5.74, 6) is 0. The molecule has 0 aliphatic carbocycles. The Bertz CT molecular complexity index is 540. The van der Waals surface area contributed by atoms with Gasteiger partial charge >= 0.3 is 6.18 Å². The number of alkyl halides is 3. The minimum atomic E-state index is -4.47. The second-order valence-corrected chi connectivity index (χ2v) is 6.65. The second kappa shape index (κ2) is 7.24. The monoisotopic (exact) mass is 324 g/mol. The largest absolute Gasteiger partial charge is 0.416 e. The lowest BCUT2D eigenvalue weighted by Crippen LogP contribution is -2.29. The number of halogens is 3. The summed E-state index contributed by atoms with van der Waals surface area (Å²) in [6, 6.07) is 3.75. The fraction of sp³-hybridized carbons (Fsp3) is 0.538. The Balaban J connectivity index is 2.58. The van der Waals surface area contributed by atoms with Crippen molar-refractivity contribution in [1.29, 1.82) is 0 Å². The first-order valence-corrected chi connectivity index (χ1v) is 8.01. The maximum absolute atomic E-state index is 12.4. The minimum absolute atomic E-state index is 0.174. The molecule has 2 N–H and O–H groups in total. The quantitative estimate of drug-likeness (QED) is 0.757. The minimum Gasteiger partial charge on any atom is -0.314 e. The van der Waals surface area contributed by atoms with Crippen molar-refractivity contribution in [2.45, 2.75) is 37.4 Å². The van der Waals surface area contributed by atoms with E-state index in [0.717, 1.165) is 24.3 Å². The second-order valence-electron chi connectivity index (χ2n) is 4.88. The van der Waals surface area contributed by atoms with E-state index in [2.05, 4.69) is 10.0 Å². The van der Waals surface area contributed by atoms with Gasteiger partial charge in [0.2, 0.25) is 10.0 Å². The summed E-state index contributed by atoms with van der Waals surface area (Å²) in [6.45, 7) is 4.84. The topological polar surface area (TPSA) is 58.2 Å². The van der Waals surface area contributed by atoms with E-state index in [-0.39, 0.29) is 11.4 Å². The van der Waals surface area contributed by atoms with Crippen LogP contribution in [0.1, 0.15) is 25.8 Å². The maximum Gasteiger partial charge on any atom is 0.416 e. The van der Waals surface area contributed by atoms with Crippen LogP contribution in [-0.4, -0.2) is 27.5 Å². The first-order chi connectivity index (χ1) is 9.63. The number of benzene rings is 1. The molecule has 1 rings (SSSR count). The molecular weight excluding hydrogens is 305 g/mol. The summed E-state index contributed by atoms with van der Waals surface area (Å²) in [7, 11) is -3.77. The fourth-order valence-corrected chi connectivity index (χ4v) is 2.67. The van der Waals surface area contributed by atoms with Gasteiger partial charge in [-0.1, -0.05) is 13.8 Å². The van der Waals surface area contributed by atoms with Crippen LogP contribution < -0.4 is 10.0 Å². The molecular formula is C13H19F3N2O2S. The molecule has 0 amide bonds. The van der Waals surface area contributed by atoms with Gasteiger partial charge in [-0.05, 0) is 37.2 Å². The van der Waals surface area contributed by atoms with Crippen molar-refractivity contribution in [3.05, 3.63) is 29.8 Å². The van der Waals surface area contributed by atoms with Gasteiger partial charge in [-0.15, -0.1) is 0 Å². The molecule has 1 aromatic rings. The van der Waals surface area contributed by atoms with Gasteiger partial charge in [0.25, 0.3) is 0 Å². The Hall–Kier alpha value is -1.12. The van der Waals surface area contributed by atoms with E-state index in [4.69, 9.17) is 0 Å². The van der Waals surface area contributed by atoms with E-state index in [0.29, 0.717) is 19.0 Å². The first kappa shape index (κ1) is 17.9. The van der Waals surface area contributed by atoms with Gasteiger partial charge in [0.15, 0.2) is 0 Å². The third kappa shape index (κ3) is 6.03. The van der Waals surface area contributed by atoms with E-state index < -0.39 is 21.8 Å². The van der Waals surface area contributed by atoms with Crippen LogP contribution >= 0.6 is 0 Å². The van der Waals surface area contributed by atoms with Crippen molar-refractivity contribution in [1.82, 2.24) is 10.0 Å². The van der Waals surface area contributed by atoms with Crippen LogP contribution in [0.25, 0.3) is 0 Å². The molecule has 0 unspecified atom stereocenters. The molecule has 1 aromatic carbocycles. The highest BCUT2D eigenvalue weighted by molar-refractivity contribution is 7.89. The summed E-state index contributed by atoms with van der Waals surface area (Å²) in [5.41, 5.74) is -0.873. The molecule has 120 valence electrons. The van der Waals surface area contributed by atoms with Crippen LogP contribution in [0.3, 0.4) is 0 Å². The van der Waals surface area contributed by atoms with E-state index in [9.17, 15) is 21.6 Å².